The Bertz CT molecular complexity index is 4680. The van der Waals surface area contributed by atoms with Gasteiger partial charge in [-0.25, -0.2) is 36.1 Å². The van der Waals surface area contributed by atoms with E-state index < -0.39 is 73.3 Å². The monoisotopic (exact) mass is 1430 g/mol. The predicted molar refractivity (Wildman–Crippen MR) is 366 cm³/mol. The minimum Gasteiger partial charge on any atom is -0.748 e. The van der Waals surface area contributed by atoms with Gasteiger partial charge in [-0.3, -0.25) is 13.9 Å². The van der Waals surface area contributed by atoms with Crippen LogP contribution in [0.25, 0.3) is 21.5 Å². The molecule has 6 aromatic rings. The van der Waals surface area contributed by atoms with Gasteiger partial charge in [-0.05, 0) is 153 Å². The second-order valence-electron chi connectivity index (χ2n) is 25.2. The van der Waals surface area contributed by atoms with Gasteiger partial charge in [0.15, 0.2) is 5.71 Å². The summed E-state index contributed by atoms with van der Waals surface area (Å²) in [7, 11) is -19.1. The fourth-order valence-electron chi connectivity index (χ4n) is 13.0. The number of sulfonamides is 1. The Hall–Kier alpha value is -7.77. The topological polar surface area (TPSA) is 375 Å². The van der Waals surface area contributed by atoms with Gasteiger partial charge in [-0.15, -0.1) is 12.6 Å². The highest BCUT2D eigenvalue weighted by molar-refractivity contribution is 7.89. The molecular formula is C67H82N8O17S5. The Labute approximate surface area is 568 Å². The lowest BCUT2D eigenvalue weighted by atomic mass is 9.79. The number of nitrogens with zero attached hydrogens (tertiary/aromatic N) is 6. The van der Waals surface area contributed by atoms with Crippen LogP contribution in [-0.4, -0.2) is 146 Å². The van der Waals surface area contributed by atoms with E-state index in [1.54, 1.807) is 36.4 Å². The lowest BCUT2D eigenvalue weighted by Gasteiger charge is -2.27. The van der Waals surface area contributed by atoms with Crippen LogP contribution in [0.4, 0.5) is 17.2 Å². The molecule has 0 bridgehead atoms. The lowest BCUT2D eigenvalue weighted by Crippen LogP contribution is -2.30. The molecular weight excluding hydrogens is 1350 g/mol. The number of unbranched alkanes of at least 4 members (excludes halogenated alkanes) is 3. The van der Waals surface area contributed by atoms with E-state index in [2.05, 4.69) is 33.6 Å². The van der Waals surface area contributed by atoms with Gasteiger partial charge < -0.3 is 20.1 Å². The SMILES string of the molecule is Cc1ncc([C@H](C)CCCCCCc2nc3c(cc2CNC(=O)CCCN(C)S(=O)(=O)c2cccc4c5c(ccc24)N(CCCS(=O)(=O)O)/C(=C/C=C/C=C/C2=[N+](CCCS(=O)(=O)[O-])c4ccc6ccc(S(=O)(=O)O)cc6c4C2(C)C)C5(C)C)CCCN3)cn1.O=C=O.O=S(=O)=O. The number of amides is 1. The maximum atomic E-state index is 14.6. The number of carbonyl (C=O) groups is 1. The molecule has 9 rings (SSSR count). The Morgan fingerprint density at radius 3 is 2.21 bits per heavy atom. The van der Waals surface area contributed by atoms with Crippen molar-refractivity contribution in [3.05, 3.63) is 155 Å². The highest BCUT2D eigenvalue weighted by Gasteiger charge is 2.46. The molecule has 0 aliphatic carbocycles. The molecule has 25 nitrogen and oxygen atoms in total. The van der Waals surface area contributed by atoms with Gasteiger partial charge in [0.2, 0.25) is 21.6 Å². The highest BCUT2D eigenvalue weighted by atomic mass is 32.2. The number of carbonyl (C=O) groups excluding carboxylic acids is 3. The summed E-state index contributed by atoms with van der Waals surface area (Å²) in [5.74, 6) is 0.795. The lowest BCUT2D eigenvalue weighted by molar-refractivity contribution is -0.437. The standard InChI is InChI=1S/C66H82N8O12S4.CO2.O3S/c1-45(50-43-68-46(2)69-44-50)20-11-8-9-12-23-55-49(40-48-21-16-34-67-64(48)71-55)42-70-61(75)27-17-35-72(7)89(82,83)58-24-15-22-53-52(58)31-33-57-62(53)65(3,4)59(74(57)37-19-39-88(79,80)81)25-13-10-14-26-60-66(5,6)63-54-41-51(90(84,85)86)30-28-47(54)29-32-56(63)73(60)36-18-38-87(76,77)78;2-1-3;1-4(2)3/h10,13-15,22,24-26,28-33,40-41,43-45H,8-9,11-12,16-21,23,27,34-39,42H2,1-7H3,(H4-,67,70,71,75,76,77,78,79,80,81,84,85,86);;/t45-;;/m1../s1. The summed E-state index contributed by atoms with van der Waals surface area (Å²) >= 11 is 0. The third kappa shape index (κ3) is 19.8. The number of aryl methyl sites for hydroxylation is 3. The van der Waals surface area contributed by atoms with Crippen molar-refractivity contribution >= 4 is 107 Å². The van der Waals surface area contributed by atoms with Crippen LogP contribution in [0.5, 0.6) is 0 Å². The average Bonchev–Trinajstić information content (AvgIpc) is 1.59. The van der Waals surface area contributed by atoms with E-state index in [4.69, 9.17) is 27.2 Å². The Balaban J connectivity index is 0.00000181. The number of hydrogen-bond acceptors (Lipinski definition) is 20. The van der Waals surface area contributed by atoms with E-state index in [0.29, 0.717) is 39.7 Å². The molecule has 0 saturated carbocycles. The molecule has 1 amide bonds. The van der Waals surface area contributed by atoms with Crippen LogP contribution >= 0.6 is 0 Å². The smallest absolute Gasteiger partial charge is 0.425 e. The molecule has 2 aromatic heterocycles. The minimum absolute atomic E-state index is 0.00993. The number of allylic oxidation sites excluding steroid dienone is 6. The third-order valence-electron chi connectivity index (χ3n) is 17.6. The van der Waals surface area contributed by atoms with E-state index in [1.165, 1.54) is 23.5 Å². The minimum atomic E-state index is -4.55. The molecule has 30 heteroatoms. The molecule has 4 N–H and O–H groups in total. The van der Waals surface area contributed by atoms with Crippen molar-refractivity contribution in [2.75, 3.05) is 54.9 Å². The number of benzene rings is 4. The fraction of sp³-hybridized carbons (Fsp3) is 0.433. The van der Waals surface area contributed by atoms with Crippen LogP contribution in [0.1, 0.15) is 144 Å². The molecule has 4 aromatic carbocycles. The van der Waals surface area contributed by atoms with Gasteiger partial charge in [0, 0.05) is 110 Å². The summed E-state index contributed by atoms with van der Waals surface area (Å²) < 4.78 is 161. The van der Waals surface area contributed by atoms with Gasteiger partial charge in [0.1, 0.15) is 18.2 Å². The number of hydrogen-bond donors (Lipinski definition) is 4. The zero-order valence-corrected chi connectivity index (χ0v) is 59.2. The number of rotatable bonds is 28. The van der Waals surface area contributed by atoms with Gasteiger partial charge in [-0.2, -0.15) is 31.0 Å². The van der Waals surface area contributed by atoms with Crippen LogP contribution in [0.15, 0.2) is 125 Å². The van der Waals surface area contributed by atoms with Gasteiger partial charge >= 0.3 is 16.8 Å². The van der Waals surface area contributed by atoms with Crippen molar-refractivity contribution in [3.63, 3.8) is 0 Å². The second kappa shape index (κ2) is 32.7. The van der Waals surface area contributed by atoms with E-state index in [9.17, 15) is 52.1 Å². The summed E-state index contributed by atoms with van der Waals surface area (Å²) in [5.41, 5.74) is 7.12. The molecule has 3 aliphatic heterocycles. The summed E-state index contributed by atoms with van der Waals surface area (Å²) in [6.45, 7) is 13.6. The zero-order valence-electron chi connectivity index (χ0n) is 55.1. The molecule has 1 atom stereocenters. The normalized spacial score (nSPS) is 15.7. The fourth-order valence-corrected chi connectivity index (χ4v) is 15.9. The van der Waals surface area contributed by atoms with Crippen molar-refractivity contribution in [2.24, 2.45) is 0 Å². The largest absolute Gasteiger partial charge is 0.748 e. The summed E-state index contributed by atoms with van der Waals surface area (Å²) in [5, 5.41) is 8.98. The van der Waals surface area contributed by atoms with Gasteiger partial charge in [0.25, 0.3) is 20.2 Å². The third-order valence-corrected chi connectivity index (χ3v) is 22.0. The molecule has 5 heterocycles. The first-order valence-electron chi connectivity index (χ1n) is 31.6. The maximum absolute atomic E-state index is 14.6. The molecule has 0 saturated heterocycles. The van der Waals surface area contributed by atoms with Crippen LogP contribution in [-0.2, 0) is 95.6 Å². The van der Waals surface area contributed by atoms with Crippen molar-refractivity contribution in [1.82, 2.24) is 24.6 Å². The number of fused-ring (bicyclic) bond motifs is 7. The van der Waals surface area contributed by atoms with Crippen molar-refractivity contribution in [2.45, 2.75) is 152 Å². The predicted octanol–water partition coefficient (Wildman–Crippen LogP) is 8.90. The molecule has 0 radical (unpaired) electrons. The summed E-state index contributed by atoms with van der Waals surface area (Å²) in [4.78, 5) is 45.2. The first-order chi connectivity index (χ1) is 45.6. The molecule has 522 valence electrons. The second-order valence-corrected chi connectivity index (χ2v) is 32.1. The number of aromatic nitrogens is 3. The highest BCUT2D eigenvalue weighted by Crippen LogP contribution is 2.52. The number of anilines is 2. The van der Waals surface area contributed by atoms with E-state index in [-0.39, 0.29) is 67.2 Å². The summed E-state index contributed by atoms with van der Waals surface area (Å²) in [6.07, 6.45) is 21.7. The van der Waals surface area contributed by atoms with E-state index in [0.717, 1.165) is 120 Å². The van der Waals surface area contributed by atoms with Crippen molar-refractivity contribution in [3.8, 4) is 0 Å². The van der Waals surface area contributed by atoms with Crippen molar-refractivity contribution < 1.29 is 78.9 Å². The van der Waals surface area contributed by atoms with Crippen LogP contribution in [0, 0.1) is 6.92 Å². The molecule has 0 fully saturated rings. The van der Waals surface area contributed by atoms with E-state index >= 15 is 0 Å². The van der Waals surface area contributed by atoms with Crippen LogP contribution in [0.2, 0.25) is 0 Å². The van der Waals surface area contributed by atoms with Gasteiger partial charge in [-0.1, -0.05) is 82.5 Å². The zero-order chi connectivity index (χ0) is 71.3. The Morgan fingerprint density at radius 1 is 0.835 bits per heavy atom. The van der Waals surface area contributed by atoms with Gasteiger partial charge in [0.05, 0.1) is 31.1 Å². The average molecular weight is 1430 g/mol. The van der Waals surface area contributed by atoms with Crippen molar-refractivity contribution in [1.29, 1.82) is 0 Å². The molecule has 0 unspecified atom stereocenters. The quantitative estimate of drug-likeness (QED) is 0.0154. The molecule has 97 heavy (non-hydrogen) atoms. The van der Waals surface area contributed by atoms with Crippen LogP contribution < -0.4 is 15.5 Å². The van der Waals surface area contributed by atoms with E-state index in [1.807, 2.05) is 99.0 Å². The number of pyridine rings is 1. The Kier molecular flexibility index (Phi) is 25.8. The maximum Gasteiger partial charge on any atom is 0.425 e. The first kappa shape index (κ1) is 76.6. The van der Waals surface area contributed by atoms with Crippen LogP contribution in [0.3, 0.4) is 0 Å². The molecule has 3 aliphatic rings. The summed E-state index contributed by atoms with van der Waals surface area (Å²) in [6, 6.07) is 18.9. The first-order valence-corrected chi connectivity index (χ1v) is 38.7. The molecule has 0 spiro atoms. The Morgan fingerprint density at radius 2 is 1.53 bits per heavy atom. The number of nitrogens with one attached hydrogen (secondary N) is 2.